The fourth-order valence-electron chi connectivity index (χ4n) is 2.95. The average Bonchev–Trinajstić information content (AvgIpc) is 2.56. The third-order valence-corrected chi connectivity index (χ3v) is 3.64. The Balaban J connectivity index is 2.37. The first-order chi connectivity index (χ1) is 7.18. The Hall–Kier alpha value is -1.24. The normalized spacial score (nSPS) is 19.1. The van der Waals surface area contributed by atoms with Crippen LogP contribution < -0.4 is 4.57 Å². The van der Waals surface area contributed by atoms with E-state index in [2.05, 4.69) is 48.9 Å². The quantitative estimate of drug-likeness (QED) is 0.454. The second kappa shape index (κ2) is 2.88. The highest BCUT2D eigenvalue weighted by Crippen LogP contribution is 2.34. The van der Waals surface area contributed by atoms with E-state index in [4.69, 9.17) is 0 Å². The number of benzene rings is 1. The SMILES string of the molecule is CC1(C)CCC[n+]2[cH-]c3ccccc3c21. The molecule has 1 aliphatic heterocycles. The summed E-state index contributed by atoms with van der Waals surface area (Å²) in [6.45, 7) is 5.92. The minimum Gasteiger partial charge on any atom is -0.289 e. The van der Waals surface area contributed by atoms with Crippen molar-refractivity contribution in [1.29, 1.82) is 0 Å². The van der Waals surface area contributed by atoms with Crippen molar-refractivity contribution in [3.05, 3.63) is 36.2 Å². The van der Waals surface area contributed by atoms with Crippen LogP contribution >= 0.6 is 0 Å². The Bertz CT molecular complexity index is 505. The predicted molar refractivity (Wildman–Crippen MR) is 62.0 cm³/mol. The summed E-state index contributed by atoms with van der Waals surface area (Å²) in [5.74, 6) is 0. The van der Waals surface area contributed by atoms with Crippen LogP contribution in [0.3, 0.4) is 0 Å². The average molecular weight is 199 g/mol. The minimum atomic E-state index is 0.335. The maximum Gasteiger partial charge on any atom is 0.130 e. The van der Waals surface area contributed by atoms with Gasteiger partial charge in [0.05, 0.1) is 11.9 Å². The predicted octanol–water partition coefficient (Wildman–Crippen LogP) is 2.92. The molecule has 78 valence electrons. The Kier molecular flexibility index (Phi) is 1.73. The molecule has 2 aromatic rings. The van der Waals surface area contributed by atoms with Crippen molar-refractivity contribution in [3.8, 4) is 0 Å². The molecule has 0 unspecified atom stereocenters. The number of hydrogen-bond acceptors (Lipinski definition) is 0. The van der Waals surface area contributed by atoms with E-state index in [1.807, 2.05) is 0 Å². The Morgan fingerprint density at radius 3 is 2.93 bits per heavy atom. The van der Waals surface area contributed by atoms with Crippen molar-refractivity contribution in [2.45, 2.75) is 38.6 Å². The largest absolute Gasteiger partial charge is 0.289 e. The maximum absolute atomic E-state index is 2.45. The van der Waals surface area contributed by atoms with Crippen LogP contribution in [-0.4, -0.2) is 0 Å². The maximum atomic E-state index is 2.45. The zero-order valence-corrected chi connectivity index (χ0v) is 9.46. The smallest absolute Gasteiger partial charge is 0.130 e. The van der Waals surface area contributed by atoms with Gasteiger partial charge in [-0.3, -0.25) is 4.57 Å². The lowest BCUT2D eigenvalue weighted by Crippen LogP contribution is -2.46. The summed E-state index contributed by atoms with van der Waals surface area (Å²) in [7, 11) is 0. The Morgan fingerprint density at radius 2 is 2.07 bits per heavy atom. The van der Waals surface area contributed by atoms with Crippen LogP contribution in [0.5, 0.6) is 0 Å². The van der Waals surface area contributed by atoms with Gasteiger partial charge in [0, 0.05) is 11.8 Å². The molecule has 0 N–H and O–H groups in total. The van der Waals surface area contributed by atoms with Crippen molar-refractivity contribution in [3.63, 3.8) is 0 Å². The van der Waals surface area contributed by atoms with E-state index in [0.29, 0.717) is 5.41 Å². The number of nitrogens with zero attached hydrogens (tertiary/aromatic N) is 1. The highest BCUT2D eigenvalue weighted by Gasteiger charge is 2.31. The highest BCUT2D eigenvalue weighted by atomic mass is 15.0. The number of hydrogen-bond donors (Lipinski definition) is 0. The first-order valence-electron chi connectivity index (χ1n) is 5.77. The monoisotopic (exact) mass is 199 g/mol. The molecule has 0 fully saturated rings. The summed E-state index contributed by atoms with van der Waals surface area (Å²) in [5, 5.41) is 2.84. The molecule has 0 aliphatic carbocycles. The summed E-state index contributed by atoms with van der Waals surface area (Å²) >= 11 is 0. The lowest BCUT2D eigenvalue weighted by atomic mass is 9.80. The van der Waals surface area contributed by atoms with E-state index < -0.39 is 0 Å². The molecular formula is C14H17N. The van der Waals surface area contributed by atoms with Gasteiger partial charge in [-0.1, -0.05) is 30.7 Å². The van der Waals surface area contributed by atoms with Gasteiger partial charge in [-0.2, -0.15) is 0 Å². The van der Waals surface area contributed by atoms with E-state index in [-0.39, 0.29) is 0 Å². The van der Waals surface area contributed by atoms with E-state index in [1.54, 1.807) is 0 Å². The van der Waals surface area contributed by atoms with Crippen molar-refractivity contribution in [2.75, 3.05) is 0 Å². The van der Waals surface area contributed by atoms with Gasteiger partial charge in [-0.15, -0.1) is 18.2 Å². The molecule has 1 aromatic carbocycles. The molecule has 0 amide bonds. The van der Waals surface area contributed by atoms with Gasteiger partial charge in [0.2, 0.25) is 0 Å². The van der Waals surface area contributed by atoms with Gasteiger partial charge in [-0.25, -0.2) is 0 Å². The topological polar surface area (TPSA) is 3.88 Å². The molecule has 1 nitrogen and oxygen atoms in total. The van der Waals surface area contributed by atoms with Crippen molar-refractivity contribution < 1.29 is 4.57 Å². The zero-order valence-electron chi connectivity index (χ0n) is 9.46. The van der Waals surface area contributed by atoms with Gasteiger partial charge in [-0.05, 0) is 6.42 Å². The second-order valence-electron chi connectivity index (χ2n) is 5.25. The van der Waals surface area contributed by atoms with E-state index in [9.17, 15) is 0 Å². The number of fused-ring (bicyclic) bond motifs is 3. The van der Waals surface area contributed by atoms with Gasteiger partial charge in [0.1, 0.15) is 6.54 Å². The molecule has 0 radical (unpaired) electrons. The highest BCUT2D eigenvalue weighted by molar-refractivity contribution is 5.84. The third-order valence-electron chi connectivity index (χ3n) is 3.64. The van der Waals surface area contributed by atoms with Gasteiger partial charge < -0.3 is 0 Å². The first-order valence-corrected chi connectivity index (χ1v) is 5.77. The van der Waals surface area contributed by atoms with Crippen molar-refractivity contribution >= 4 is 10.8 Å². The molecule has 15 heavy (non-hydrogen) atoms. The number of aryl methyl sites for hydroxylation is 1. The Labute approximate surface area is 90.7 Å². The summed E-state index contributed by atoms with van der Waals surface area (Å²) in [5.41, 5.74) is 1.87. The molecule has 0 spiro atoms. The molecule has 1 heteroatoms. The van der Waals surface area contributed by atoms with Crippen LogP contribution in [-0.2, 0) is 12.0 Å². The Morgan fingerprint density at radius 1 is 1.27 bits per heavy atom. The zero-order chi connectivity index (χ0) is 10.5. The van der Waals surface area contributed by atoms with Gasteiger partial charge in [0.15, 0.2) is 0 Å². The van der Waals surface area contributed by atoms with Gasteiger partial charge in [0.25, 0.3) is 0 Å². The molecule has 1 aromatic heterocycles. The third kappa shape index (κ3) is 1.22. The van der Waals surface area contributed by atoms with Crippen LogP contribution in [0, 0.1) is 0 Å². The number of rotatable bonds is 0. The molecule has 3 rings (SSSR count). The van der Waals surface area contributed by atoms with Crippen LogP contribution in [0.15, 0.2) is 30.5 Å². The van der Waals surface area contributed by atoms with E-state index in [0.717, 1.165) is 0 Å². The summed E-state index contributed by atoms with van der Waals surface area (Å²) in [4.78, 5) is 0. The van der Waals surface area contributed by atoms with Crippen LogP contribution in [0.2, 0.25) is 0 Å². The molecule has 0 saturated carbocycles. The van der Waals surface area contributed by atoms with Crippen molar-refractivity contribution in [2.24, 2.45) is 0 Å². The lowest BCUT2D eigenvalue weighted by molar-refractivity contribution is -0.709. The fourth-order valence-corrected chi connectivity index (χ4v) is 2.95. The fraction of sp³-hybridized carbons (Fsp3) is 0.429. The summed E-state index contributed by atoms with van der Waals surface area (Å²) in [6, 6.07) is 8.75. The molecule has 1 aliphatic rings. The molecule has 0 bridgehead atoms. The van der Waals surface area contributed by atoms with E-state index in [1.165, 1.54) is 35.9 Å². The van der Waals surface area contributed by atoms with Gasteiger partial charge >= 0.3 is 0 Å². The van der Waals surface area contributed by atoms with Crippen molar-refractivity contribution in [1.82, 2.24) is 0 Å². The van der Waals surface area contributed by atoms with Crippen LogP contribution in [0.4, 0.5) is 0 Å². The standard InChI is InChI=1S/C14H17N/c1-14(2)8-5-9-15-10-11-6-3-4-7-12(11)13(14)15/h3-4,6-7,10H,5,8-9H2,1-2H3. The van der Waals surface area contributed by atoms with Crippen LogP contribution in [0.1, 0.15) is 32.4 Å². The first kappa shape index (κ1) is 9.02. The summed E-state index contributed by atoms with van der Waals surface area (Å²) in [6.07, 6.45) is 4.92. The molecule has 2 heterocycles. The minimum absolute atomic E-state index is 0.335. The molecular weight excluding hydrogens is 182 g/mol. The lowest BCUT2D eigenvalue weighted by Gasteiger charge is -2.29. The molecule has 0 saturated heterocycles. The number of aromatic nitrogens is 1. The summed E-state index contributed by atoms with van der Waals surface area (Å²) < 4.78 is 2.45. The molecule has 0 atom stereocenters. The van der Waals surface area contributed by atoms with Crippen LogP contribution in [0.25, 0.3) is 10.8 Å². The second-order valence-corrected chi connectivity index (χ2v) is 5.25. The van der Waals surface area contributed by atoms with E-state index >= 15 is 0 Å².